The molecule has 2 aromatic carbocycles. The van der Waals surface area contributed by atoms with Gasteiger partial charge >= 0.3 is 12.4 Å². The van der Waals surface area contributed by atoms with E-state index in [1.165, 1.54) is 5.56 Å². The summed E-state index contributed by atoms with van der Waals surface area (Å²) in [5.41, 5.74) is 12.5. The van der Waals surface area contributed by atoms with Crippen LogP contribution in [0.1, 0.15) is 75.8 Å². The van der Waals surface area contributed by atoms with E-state index in [2.05, 4.69) is 79.7 Å². The Labute approximate surface area is 425 Å². The van der Waals surface area contributed by atoms with Gasteiger partial charge in [-0.1, -0.05) is 36.4 Å². The molecule has 2 aliphatic carbocycles. The Hall–Kier alpha value is -6.29. The number of hydrogen-bond acceptors (Lipinski definition) is 13. The Morgan fingerprint density at radius 3 is 1.71 bits per heavy atom. The van der Waals surface area contributed by atoms with Crippen molar-refractivity contribution in [3.05, 3.63) is 118 Å². The summed E-state index contributed by atoms with van der Waals surface area (Å²) in [6, 6.07) is 23.6. The molecule has 2 atom stereocenters. The van der Waals surface area contributed by atoms with E-state index >= 15 is 0 Å². The highest BCUT2D eigenvalue weighted by atomic mass is 32.1. The van der Waals surface area contributed by atoms with Gasteiger partial charge in [0.05, 0.1) is 35.0 Å². The summed E-state index contributed by atoms with van der Waals surface area (Å²) in [5.74, 6) is 2.75. The van der Waals surface area contributed by atoms with Gasteiger partial charge in [-0.05, 0) is 99.9 Å². The fourth-order valence-electron chi connectivity index (χ4n) is 10.9. The minimum absolute atomic E-state index is 0.242. The maximum Gasteiger partial charge on any atom is 0.393 e. The third-order valence-electron chi connectivity index (χ3n) is 14.1. The molecule has 4 aliphatic rings. The van der Waals surface area contributed by atoms with Crippen LogP contribution < -0.4 is 20.9 Å². The van der Waals surface area contributed by atoms with Crippen LogP contribution in [0.15, 0.2) is 85.2 Å². The lowest BCUT2D eigenvalue weighted by atomic mass is 9.78. The van der Waals surface area contributed by atoms with E-state index < -0.39 is 25.2 Å². The van der Waals surface area contributed by atoms with Gasteiger partial charge in [0.2, 0.25) is 0 Å². The molecule has 2 aliphatic heterocycles. The first-order chi connectivity index (χ1) is 34.9. The van der Waals surface area contributed by atoms with E-state index in [0.29, 0.717) is 32.9 Å². The average molecular weight is 1040 g/mol. The molecule has 0 bridgehead atoms. The lowest BCUT2D eigenvalue weighted by Crippen LogP contribution is -2.56. The number of aryl methyl sites for hydroxylation is 2. The lowest BCUT2D eigenvalue weighted by Gasteiger charge is -2.49. The number of nitrogens with one attached hydrogen (secondary N) is 3. The van der Waals surface area contributed by atoms with Crippen LogP contribution in [0.5, 0.6) is 0 Å². The maximum atomic E-state index is 12.9. The van der Waals surface area contributed by atoms with Gasteiger partial charge in [0.15, 0.2) is 0 Å². The van der Waals surface area contributed by atoms with E-state index in [9.17, 15) is 31.1 Å². The number of anilines is 2. The van der Waals surface area contributed by atoms with Crippen molar-refractivity contribution in [1.82, 2.24) is 45.6 Å². The number of alkyl halides is 6. The van der Waals surface area contributed by atoms with Gasteiger partial charge in [-0.3, -0.25) is 15.0 Å². The SMILES string of the molecule is Cc1nc(N2CC3(CCC(N)C3)C2)c2cc(CC(F)(F)F)sc2n1.Cc1nc(N2CC3(CC[C@H](NCc4cccc(-c5ccn[nH]5)c4)C3)C2)c2cc(CC(F)(F)F)sc2n1.O=Cc1cccc(-c2ccn[nH]2)c1. The predicted molar refractivity (Wildman–Crippen MR) is 273 cm³/mol. The van der Waals surface area contributed by atoms with Crippen LogP contribution >= 0.6 is 22.7 Å². The van der Waals surface area contributed by atoms with Crippen LogP contribution in [-0.2, 0) is 19.4 Å². The summed E-state index contributed by atoms with van der Waals surface area (Å²) in [7, 11) is 0. The van der Waals surface area contributed by atoms with Crippen LogP contribution in [0.4, 0.5) is 38.0 Å². The number of carbonyl (C=O) groups excluding carboxylic acids is 1. The van der Waals surface area contributed by atoms with Gasteiger partial charge < -0.3 is 20.9 Å². The summed E-state index contributed by atoms with van der Waals surface area (Å²) >= 11 is 2.23. The van der Waals surface area contributed by atoms with Crippen LogP contribution in [0.25, 0.3) is 42.9 Å². The molecule has 2 saturated heterocycles. The van der Waals surface area contributed by atoms with Crippen LogP contribution in [-0.4, -0.2) is 97.2 Å². The number of benzene rings is 2. The van der Waals surface area contributed by atoms with E-state index in [1.54, 1.807) is 44.4 Å². The molecule has 13 nitrogen and oxygen atoms in total. The second-order valence-electron chi connectivity index (χ2n) is 20.1. The largest absolute Gasteiger partial charge is 0.393 e. The second-order valence-corrected chi connectivity index (χ2v) is 22.3. The number of aromatic amines is 2. The van der Waals surface area contributed by atoms with Crippen LogP contribution in [0.2, 0.25) is 0 Å². The Kier molecular flexibility index (Phi) is 13.9. The number of nitrogens with zero attached hydrogens (tertiary/aromatic N) is 8. The van der Waals surface area contributed by atoms with Crippen molar-refractivity contribution in [3.8, 4) is 22.5 Å². The quantitative estimate of drug-likeness (QED) is 0.0759. The second kappa shape index (κ2) is 20.2. The smallest absolute Gasteiger partial charge is 0.355 e. The zero-order chi connectivity index (χ0) is 51.1. The van der Waals surface area contributed by atoms with Gasteiger partial charge in [0.1, 0.15) is 39.2 Å². The molecule has 382 valence electrons. The Bertz CT molecular complexity index is 3200. The fourth-order valence-corrected chi connectivity index (χ4v) is 13.1. The van der Waals surface area contributed by atoms with E-state index in [4.69, 9.17) is 5.73 Å². The summed E-state index contributed by atoms with van der Waals surface area (Å²) in [6.07, 6.45) is 0.587. The average Bonchev–Trinajstić information content (AvgIpc) is 4.19. The molecule has 8 heterocycles. The fraction of sp³-hybridized carbons (Fsp3) is 0.404. The Morgan fingerprint density at radius 1 is 0.699 bits per heavy atom. The number of nitrogens with two attached hydrogens (primary N) is 1. The van der Waals surface area contributed by atoms with Gasteiger partial charge in [-0.2, -0.15) is 36.5 Å². The molecule has 4 fully saturated rings. The number of rotatable bonds is 10. The number of thiophene rings is 2. The van der Waals surface area contributed by atoms with Gasteiger partial charge in [0.25, 0.3) is 0 Å². The molecule has 0 radical (unpaired) electrons. The number of carbonyl (C=O) groups is 1. The molecule has 6 aromatic heterocycles. The highest BCUT2D eigenvalue weighted by molar-refractivity contribution is 7.19. The monoisotopic (exact) mass is 1040 g/mol. The van der Waals surface area contributed by atoms with Crippen molar-refractivity contribution in [1.29, 1.82) is 0 Å². The van der Waals surface area contributed by atoms with E-state index in [-0.39, 0.29) is 26.6 Å². The zero-order valence-electron chi connectivity index (χ0n) is 40.2. The van der Waals surface area contributed by atoms with Gasteiger partial charge in [0, 0.05) is 88.9 Å². The van der Waals surface area contributed by atoms with Crippen LogP contribution in [0.3, 0.4) is 0 Å². The van der Waals surface area contributed by atoms with E-state index in [0.717, 1.165) is 145 Å². The molecule has 2 saturated carbocycles. The van der Waals surface area contributed by atoms with Crippen molar-refractivity contribution >= 4 is 61.0 Å². The van der Waals surface area contributed by atoms with Crippen molar-refractivity contribution in [2.75, 3.05) is 36.0 Å². The Morgan fingerprint density at radius 2 is 1.22 bits per heavy atom. The highest BCUT2D eigenvalue weighted by Gasteiger charge is 2.50. The molecule has 73 heavy (non-hydrogen) atoms. The number of aldehydes is 1. The number of H-pyrrole nitrogens is 2. The Balaban J connectivity index is 0.000000141. The summed E-state index contributed by atoms with van der Waals surface area (Å²) in [5, 5.41) is 18.9. The van der Waals surface area contributed by atoms with Gasteiger partial charge in [-0.25, -0.2) is 19.9 Å². The number of aromatic nitrogens is 8. The van der Waals surface area contributed by atoms with Crippen molar-refractivity contribution in [3.63, 3.8) is 0 Å². The first kappa shape index (κ1) is 50.3. The molecule has 12 rings (SSSR count). The summed E-state index contributed by atoms with van der Waals surface area (Å²) in [6.45, 7) is 7.95. The molecule has 8 aromatic rings. The lowest BCUT2D eigenvalue weighted by molar-refractivity contribution is -0.127. The molecule has 0 amide bonds. The normalized spacial score (nSPS) is 18.9. The first-order valence-electron chi connectivity index (χ1n) is 24.2. The zero-order valence-corrected chi connectivity index (χ0v) is 41.8. The third-order valence-corrected chi connectivity index (χ3v) is 16.2. The van der Waals surface area contributed by atoms with Gasteiger partial charge in [-0.15, -0.1) is 22.7 Å². The molecule has 5 N–H and O–H groups in total. The molecular formula is C52H54F6N12OS2. The molecular weight excluding hydrogens is 987 g/mol. The summed E-state index contributed by atoms with van der Waals surface area (Å²) in [4.78, 5) is 34.6. The number of halogens is 6. The maximum absolute atomic E-state index is 12.9. The summed E-state index contributed by atoms with van der Waals surface area (Å²) < 4.78 is 76.8. The standard InChI is InChI=1S/C26H27F3N6S.C16H19F3N4S.C10H8N2O/c1-16-32-23(21-10-20(12-26(27,28)29)36-24(21)33-16)35-14-25(15-35)7-5-19(11-25)30-13-17-3-2-4-18(9-17)22-6-8-31-34-22;1-9-21-13(23-7-15(8-23)3-2-10(20)5-15)12-4-11(6-16(17,18)19)24-14(12)22-9;13-7-8-2-1-3-9(6-8)10-4-5-11-12-10/h2-4,6,8-10,19,30H,5,7,11-15H2,1H3,(H,31,34);4,10H,2-3,5-8,20H2,1H3;1-7H,(H,11,12)/t19-;;/m0../s1. The molecule has 1 unspecified atom stereocenters. The topological polar surface area (TPSA) is 171 Å². The number of fused-ring (bicyclic) bond motifs is 2. The van der Waals surface area contributed by atoms with Crippen molar-refractivity contribution < 1.29 is 31.1 Å². The molecule has 2 spiro atoms. The van der Waals surface area contributed by atoms with Crippen molar-refractivity contribution in [2.24, 2.45) is 16.6 Å². The molecule has 21 heteroatoms. The minimum Gasteiger partial charge on any atom is -0.355 e. The third kappa shape index (κ3) is 11.7. The van der Waals surface area contributed by atoms with Crippen LogP contribution in [0, 0.1) is 24.7 Å². The number of hydrogen-bond donors (Lipinski definition) is 4. The first-order valence-corrected chi connectivity index (χ1v) is 25.8. The highest BCUT2D eigenvalue weighted by Crippen LogP contribution is 2.50. The predicted octanol–water partition coefficient (Wildman–Crippen LogP) is 11.0. The minimum atomic E-state index is -4.23. The van der Waals surface area contributed by atoms with E-state index in [1.807, 2.05) is 30.3 Å². The van der Waals surface area contributed by atoms with Crippen molar-refractivity contribution in [2.45, 2.75) is 96.2 Å².